The number of hydrogen-bond donors (Lipinski definition) is 1. The molecule has 144 valence electrons. The van der Waals surface area contributed by atoms with E-state index in [0.717, 1.165) is 17.5 Å². The summed E-state index contributed by atoms with van der Waals surface area (Å²) in [5.41, 5.74) is 2.63. The first-order valence-electron chi connectivity index (χ1n) is 8.81. The molecule has 6 nitrogen and oxygen atoms in total. The van der Waals surface area contributed by atoms with E-state index in [2.05, 4.69) is 10.3 Å². The van der Waals surface area contributed by atoms with E-state index >= 15 is 0 Å². The van der Waals surface area contributed by atoms with Crippen molar-refractivity contribution >= 4 is 23.6 Å². The number of likely N-dealkylation sites (N-methyl/N-ethyl adjacent to an activating group) is 1. The van der Waals surface area contributed by atoms with Crippen molar-refractivity contribution in [3.63, 3.8) is 0 Å². The summed E-state index contributed by atoms with van der Waals surface area (Å²) in [4.78, 5) is 29.6. The number of amides is 2. The number of carbonyl (C=O) groups is 2. The van der Waals surface area contributed by atoms with E-state index in [4.69, 9.17) is 16.3 Å². The fraction of sp³-hybridized carbons (Fsp3) is 0.350. The molecule has 0 atom stereocenters. The highest BCUT2D eigenvalue weighted by molar-refractivity contribution is 6.31. The molecule has 2 amide bonds. The van der Waals surface area contributed by atoms with Gasteiger partial charge in [0.2, 0.25) is 0 Å². The Balaban J connectivity index is 1.68. The number of benzene rings is 1. The van der Waals surface area contributed by atoms with Crippen LogP contribution in [0, 0.1) is 0 Å². The van der Waals surface area contributed by atoms with Gasteiger partial charge in [-0.2, -0.15) is 0 Å². The maximum Gasteiger partial charge on any atom is 0.317 e. The average molecular weight is 390 g/mol. The normalized spacial score (nSPS) is 10.3. The van der Waals surface area contributed by atoms with Crippen LogP contribution in [0.3, 0.4) is 0 Å². The summed E-state index contributed by atoms with van der Waals surface area (Å²) in [6, 6.07) is 10.8. The van der Waals surface area contributed by atoms with Crippen molar-refractivity contribution in [3.8, 4) is 0 Å². The van der Waals surface area contributed by atoms with Gasteiger partial charge in [-0.1, -0.05) is 42.8 Å². The van der Waals surface area contributed by atoms with Crippen molar-refractivity contribution in [3.05, 3.63) is 64.4 Å². The van der Waals surface area contributed by atoms with Crippen LogP contribution in [0.4, 0.5) is 4.79 Å². The summed E-state index contributed by atoms with van der Waals surface area (Å²) < 4.78 is 5.18. The minimum Gasteiger partial charge on any atom is -0.464 e. The number of nitrogens with one attached hydrogen (secondary N) is 1. The highest BCUT2D eigenvalue weighted by Gasteiger charge is 2.11. The minimum atomic E-state index is -0.364. The number of urea groups is 1. The Hall–Kier alpha value is -2.60. The monoisotopic (exact) mass is 389 g/mol. The standard InChI is InChI=1S/C20H24ClN3O3/c1-3-15-8-9-17(22-13-15)12-19(25)27-11-10-24(2)20(26)23-14-16-6-4-5-7-18(16)21/h4-9,13H,3,10-12,14H2,1-2H3,(H,23,26). The first kappa shape index (κ1) is 20.7. The quantitative estimate of drug-likeness (QED) is 0.703. The molecule has 0 unspecified atom stereocenters. The van der Waals surface area contributed by atoms with Crippen LogP contribution < -0.4 is 5.32 Å². The van der Waals surface area contributed by atoms with Gasteiger partial charge < -0.3 is 15.0 Å². The fourth-order valence-electron chi connectivity index (χ4n) is 2.31. The molecule has 0 bridgehead atoms. The molecule has 1 aromatic heterocycles. The molecule has 1 aromatic carbocycles. The van der Waals surface area contributed by atoms with Gasteiger partial charge in [-0.3, -0.25) is 9.78 Å². The van der Waals surface area contributed by atoms with E-state index in [0.29, 0.717) is 23.8 Å². The zero-order chi connectivity index (χ0) is 19.6. The van der Waals surface area contributed by atoms with Crippen LogP contribution in [0.25, 0.3) is 0 Å². The SMILES string of the molecule is CCc1ccc(CC(=O)OCCN(C)C(=O)NCc2ccccc2Cl)nc1. The summed E-state index contributed by atoms with van der Waals surface area (Å²) in [5.74, 6) is -0.364. The molecule has 1 N–H and O–H groups in total. The molecule has 0 radical (unpaired) electrons. The molecule has 0 aliphatic carbocycles. The molecular weight excluding hydrogens is 366 g/mol. The van der Waals surface area contributed by atoms with E-state index in [-0.39, 0.29) is 25.0 Å². The van der Waals surface area contributed by atoms with Crippen LogP contribution in [0.15, 0.2) is 42.6 Å². The predicted octanol–water partition coefficient (Wildman–Crippen LogP) is 3.22. The van der Waals surface area contributed by atoms with E-state index in [1.165, 1.54) is 4.90 Å². The lowest BCUT2D eigenvalue weighted by atomic mass is 10.2. The average Bonchev–Trinajstić information content (AvgIpc) is 2.67. The third-order valence-electron chi connectivity index (χ3n) is 4.04. The van der Waals surface area contributed by atoms with Gasteiger partial charge in [-0.05, 0) is 29.7 Å². The Morgan fingerprint density at radius 2 is 2.00 bits per heavy atom. The maximum absolute atomic E-state index is 12.1. The molecule has 1 heterocycles. The Morgan fingerprint density at radius 1 is 1.22 bits per heavy atom. The van der Waals surface area contributed by atoms with Gasteiger partial charge in [0.15, 0.2) is 0 Å². The van der Waals surface area contributed by atoms with Crippen molar-refractivity contribution in [2.24, 2.45) is 0 Å². The van der Waals surface area contributed by atoms with Crippen LogP contribution in [0.2, 0.25) is 5.02 Å². The third-order valence-corrected chi connectivity index (χ3v) is 4.41. The molecule has 2 rings (SSSR count). The van der Waals surface area contributed by atoms with Gasteiger partial charge in [0.05, 0.1) is 18.7 Å². The first-order chi connectivity index (χ1) is 13.0. The summed E-state index contributed by atoms with van der Waals surface area (Å²) >= 11 is 6.06. The summed E-state index contributed by atoms with van der Waals surface area (Å²) in [5, 5.41) is 3.39. The molecule has 0 aliphatic rings. The van der Waals surface area contributed by atoms with Gasteiger partial charge in [0.1, 0.15) is 6.61 Å². The number of carbonyl (C=O) groups excluding carboxylic acids is 2. The van der Waals surface area contributed by atoms with E-state index < -0.39 is 0 Å². The van der Waals surface area contributed by atoms with Gasteiger partial charge in [0, 0.05) is 24.8 Å². The van der Waals surface area contributed by atoms with Crippen molar-refractivity contribution in [2.45, 2.75) is 26.3 Å². The number of aromatic nitrogens is 1. The predicted molar refractivity (Wildman–Crippen MR) is 105 cm³/mol. The van der Waals surface area contributed by atoms with E-state index in [9.17, 15) is 9.59 Å². The summed E-state index contributed by atoms with van der Waals surface area (Å²) in [6.45, 7) is 2.80. The van der Waals surface area contributed by atoms with Gasteiger partial charge >= 0.3 is 12.0 Å². The van der Waals surface area contributed by atoms with Crippen molar-refractivity contribution in [2.75, 3.05) is 20.2 Å². The van der Waals surface area contributed by atoms with Crippen LogP contribution in [-0.4, -0.2) is 42.1 Å². The number of aryl methyl sites for hydroxylation is 1. The van der Waals surface area contributed by atoms with Crippen LogP contribution >= 0.6 is 11.6 Å². The number of hydrogen-bond acceptors (Lipinski definition) is 4. The van der Waals surface area contributed by atoms with Crippen LogP contribution in [0.5, 0.6) is 0 Å². The number of nitrogens with zero attached hydrogens (tertiary/aromatic N) is 2. The number of halogens is 1. The zero-order valence-corrected chi connectivity index (χ0v) is 16.3. The van der Waals surface area contributed by atoms with Crippen molar-refractivity contribution in [1.82, 2.24) is 15.2 Å². The van der Waals surface area contributed by atoms with Crippen LogP contribution in [0.1, 0.15) is 23.7 Å². The highest BCUT2D eigenvalue weighted by atomic mass is 35.5. The first-order valence-corrected chi connectivity index (χ1v) is 9.19. The van der Waals surface area contributed by atoms with Crippen molar-refractivity contribution in [1.29, 1.82) is 0 Å². The largest absolute Gasteiger partial charge is 0.464 e. The molecule has 27 heavy (non-hydrogen) atoms. The smallest absolute Gasteiger partial charge is 0.317 e. The molecular formula is C20H24ClN3O3. The van der Waals surface area contributed by atoms with Gasteiger partial charge in [-0.15, -0.1) is 0 Å². The number of rotatable bonds is 8. The third kappa shape index (κ3) is 6.90. The summed E-state index contributed by atoms with van der Waals surface area (Å²) in [7, 11) is 1.64. The lowest BCUT2D eigenvalue weighted by Gasteiger charge is -2.18. The molecule has 7 heteroatoms. The molecule has 2 aromatic rings. The zero-order valence-electron chi connectivity index (χ0n) is 15.6. The fourth-order valence-corrected chi connectivity index (χ4v) is 2.52. The van der Waals surface area contributed by atoms with Crippen molar-refractivity contribution < 1.29 is 14.3 Å². The second-order valence-corrected chi connectivity index (χ2v) is 6.49. The molecule has 0 fully saturated rings. The molecule has 0 saturated heterocycles. The van der Waals surface area contributed by atoms with Crippen LogP contribution in [-0.2, 0) is 28.9 Å². The maximum atomic E-state index is 12.1. The second-order valence-electron chi connectivity index (χ2n) is 6.08. The lowest BCUT2D eigenvalue weighted by molar-refractivity contribution is -0.143. The van der Waals surface area contributed by atoms with Gasteiger partial charge in [0.25, 0.3) is 0 Å². The molecule has 0 aliphatic heterocycles. The Bertz CT molecular complexity index is 765. The topological polar surface area (TPSA) is 71.5 Å². The van der Waals surface area contributed by atoms with E-state index in [1.807, 2.05) is 37.3 Å². The molecule has 0 saturated carbocycles. The Labute approximate surface area is 164 Å². The Morgan fingerprint density at radius 3 is 2.67 bits per heavy atom. The lowest BCUT2D eigenvalue weighted by Crippen LogP contribution is -2.39. The van der Waals surface area contributed by atoms with E-state index in [1.54, 1.807) is 19.3 Å². The minimum absolute atomic E-state index is 0.117. The molecule has 0 spiro atoms. The Kier molecular flexibility index (Phi) is 8.07. The number of ether oxygens (including phenoxy) is 1. The summed E-state index contributed by atoms with van der Waals surface area (Å²) in [6.07, 6.45) is 2.79. The van der Waals surface area contributed by atoms with Gasteiger partial charge in [-0.25, -0.2) is 4.79 Å². The number of esters is 1. The number of pyridine rings is 1. The second kappa shape index (κ2) is 10.5. The highest BCUT2D eigenvalue weighted by Crippen LogP contribution is 2.14.